The van der Waals surface area contributed by atoms with E-state index in [1.54, 1.807) is 7.11 Å². The Morgan fingerprint density at radius 2 is 2.00 bits per heavy atom. The average Bonchev–Trinajstić information content (AvgIpc) is 2.75. The van der Waals surface area contributed by atoms with E-state index in [2.05, 4.69) is 62.1 Å². The van der Waals surface area contributed by atoms with E-state index >= 15 is 0 Å². The Bertz CT molecular complexity index is 572. The van der Waals surface area contributed by atoms with Crippen LogP contribution in [0, 0.1) is 0 Å². The van der Waals surface area contributed by atoms with Gasteiger partial charge in [0.25, 0.3) is 0 Å². The Labute approximate surface area is 121 Å². The van der Waals surface area contributed by atoms with Gasteiger partial charge < -0.3 is 14.6 Å². The topological polar surface area (TPSA) is 26.2 Å². The van der Waals surface area contributed by atoms with Crippen molar-refractivity contribution in [3.05, 3.63) is 35.5 Å². The molecule has 1 aromatic carbocycles. The number of methoxy groups -OCH3 is 1. The summed E-state index contributed by atoms with van der Waals surface area (Å²) in [4.78, 5) is 0. The van der Waals surface area contributed by atoms with Crippen LogP contribution in [0.15, 0.2) is 24.4 Å². The standard InChI is InChI=1S/C17H26N2O/c1-12(2)14-6-7-16-15(10-18-9-13(3)20-5)11-19(4)17(16)8-14/h6-8,11-13,18H,9-10H2,1-5H3/t13-/m0/s1. The molecule has 0 radical (unpaired) electrons. The molecule has 0 amide bonds. The van der Waals surface area contributed by atoms with Crippen LogP contribution < -0.4 is 5.32 Å². The van der Waals surface area contributed by atoms with Crippen LogP contribution >= 0.6 is 0 Å². The third kappa shape index (κ3) is 3.22. The van der Waals surface area contributed by atoms with Gasteiger partial charge in [-0.3, -0.25) is 0 Å². The molecule has 0 aliphatic heterocycles. The molecule has 0 aliphatic carbocycles. The van der Waals surface area contributed by atoms with Crippen molar-refractivity contribution in [3.8, 4) is 0 Å². The fourth-order valence-electron chi connectivity index (χ4n) is 2.48. The van der Waals surface area contributed by atoms with Crippen LogP contribution in [0.2, 0.25) is 0 Å². The third-order valence-electron chi connectivity index (χ3n) is 3.91. The molecule has 2 aromatic rings. The van der Waals surface area contributed by atoms with E-state index in [0.29, 0.717) is 5.92 Å². The number of nitrogens with zero attached hydrogens (tertiary/aromatic N) is 1. The molecule has 0 saturated heterocycles. The Morgan fingerprint density at radius 1 is 1.25 bits per heavy atom. The molecule has 1 heterocycles. The summed E-state index contributed by atoms with van der Waals surface area (Å²) in [6, 6.07) is 6.80. The van der Waals surface area contributed by atoms with Gasteiger partial charge in [0.2, 0.25) is 0 Å². The van der Waals surface area contributed by atoms with Gasteiger partial charge in [-0.05, 0) is 30.0 Å². The predicted octanol–water partition coefficient (Wildman–Crippen LogP) is 3.43. The molecule has 1 atom stereocenters. The van der Waals surface area contributed by atoms with E-state index in [1.807, 2.05) is 0 Å². The summed E-state index contributed by atoms with van der Waals surface area (Å²) in [5.41, 5.74) is 4.06. The maximum Gasteiger partial charge on any atom is 0.0667 e. The Kier molecular flexibility index (Phi) is 4.84. The number of benzene rings is 1. The average molecular weight is 274 g/mol. The number of aryl methyl sites for hydroxylation is 1. The predicted molar refractivity (Wildman–Crippen MR) is 85.2 cm³/mol. The highest BCUT2D eigenvalue weighted by Gasteiger charge is 2.09. The van der Waals surface area contributed by atoms with Gasteiger partial charge in [-0.25, -0.2) is 0 Å². The molecule has 0 fully saturated rings. The van der Waals surface area contributed by atoms with E-state index < -0.39 is 0 Å². The minimum Gasteiger partial charge on any atom is -0.380 e. The number of nitrogens with one attached hydrogen (secondary N) is 1. The van der Waals surface area contributed by atoms with Crippen LogP contribution in [0.3, 0.4) is 0 Å². The summed E-state index contributed by atoms with van der Waals surface area (Å²) in [5.74, 6) is 0.568. The molecule has 0 spiro atoms. The zero-order valence-corrected chi connectivity index (χ0v) is 13.2. The molecule has 0 unspecified atom stereocenters. The van der Waals surface area contributed by atoms with Crippen molar-refractivity contribution in [2.24, 2.45) is 7.05 Å². The molecule has 3 nitrogen and oxygen atoms in total. The third-order valence-corrected chi connectivity index (χ3v) is 3.91. The van der Waals surface area contributed by atoms with Gasteiger partial charge in [0, 0.05) is 44.3 Å². The molecule has 0 saturated carbocycles. The molecule has 2 rings (SSSR count). The van der Waals surface area contributed by atoms with E-state index in [1.165, 1.54) is 22.0 Å². The number of rotatable bonds is 6. The first-order valence-electron chi connectivity index (χ1n) is 7.34. The highest BCUT2D eigenvalue weighted by Crippen LogP contribution is 2.25. The SMILES string of the molecule is CO[C@@H](C)CNCc1cn(C)c2cc(C(C)C)ccc12. The number of aromatic nitrogens is 1. The van der Waals surface area contributed by atoms with Crippen molar-refractivity contribution in [1.82, 2.24) is 9.88 Å². The van der Waals surface area contributed by atoms with Crippen molar-refractivity contribution in [3.63, 3.8) is 0 Å². The lowest BCUT2D eigenvalue weighted by Gasteiger charge is -2.10. The Hall–Kier alpha value is -1.32. The summed E-state index contributed by atoms with van der Waals surface area (Å²) in [6.45, 7) is 8.30. The number of ether oxygens (including phenoxy) is 1. The molecule has 1 aromatic heterocycles. The molecular weight excluding hydrogens is 248 g/mol. The van der Waals surface area contributed by atoms with Crippen LogP contribution in [0.1, 0.15) is 37.8 Å². The molecule has 110 valence electrons. The Balaban J connectivity index is 2.18. The number of hydrogen-bond acceptors (Lipinski definition) is 2. The van der Waals surface area contributed by atoms with Crippen LogP contribution in [0.5, 0.6) is 0 Å². The first-order chi connectivity index (χ1) is 9.52. The quantitative estimate of drug-likeness (QED) is 0.873. The second-order valence-electron chi connectivity index (χ2n) is 5.87. The number of hydrogen-bond donors (Lipinski definition) is 1. The van der Waals surface area contributed by atoms with Crippen molar-refractivity contribution in [2.45, 2.75) is 39.3 Å². The summed E-state index contributed by atoms with van der Waals surface area (Å²) >= 11 is 0. The zero-order chi connectivity index (χ0) is 14.7. The molecule has 3 heteroatoms. The minimum atomic E-state index is 0.248. The highest BCUT2D eigenvalue weighted by atomic mass is 16.5. The van der Waals surface area contributed by atoms with E-state index in [4.69, 9.17) is 4.74 Å². The van der Waals surface area contributed by atoms with Crippen LogP contribution in [0.25, 0.3) is 10.9 Å². The van der Waals surface area contributed by atoms with Crippen molar-refractivity contribution >= 4 is 10.9 Å². The van der Waals surface area contributed by atoms with E-state index in [0.717, 1.165) is 13.1 Å². The molecule has 1 N–H and O–H groups in total. The monoisotopic (exact) mass is 274 g/mol. The fraction of sp³-hybridized carbons (Fsp3) is 0.529. The van der Waals surface area contributed by atoms with Gasteiger partial charge in [-0.2, -0.15) is 0 Å². The van der Waals surface area contributed by atoms with Gasteiger partial charge in [0.05, 0.1) is 6.10 Å². The maximum absolute atomic E-state index is 5.26. The zero-order valence-electron chi connectivity index (χ0n) is 13.2. The maximum atomic E-state index is 5.26. The summed E-state index contributed by atoms with van der Waals surface area (Å²) in [5, 5.41) is 4.80. The van der Waals surface area contributed by atoms with E-state index in [-0.39, 0.29) is 6.10 Å². The smallest absolute Gasteiger partial charge is 0.0667 e. The fourth-order valence-corrected chi connectivity index (χ4v) is 2.48. The lowest BCUT2D eigenvalue weighted by molar-refractivity contribution is 0.117. The lowest BCUT2D eigenvalue weighted by atomic mass is 10.0. The van der Waals surface area contributed by atoms with Gasteiger partial charge in [-0.15, -0.1) is 0 Å². The van der Waals surface area contributed by atoms with Gasteiger partial charge in [0.15, 0.2) is 0 Å². The van der Waals surface area contributed by atoms with Gasteiger partial charge >= 0.3 is 0 Å². The summed E-state index contributed by atoms with van der Waals surface area (Å²) < 4.78 is 7.48. The summed E-state index contributed by atoms with van der Waals surface area (Å²) in [7, 11) is 3.87. The normalized spacial score (nSPS) is 13.3. The Morgan fingerprint density at radius 3 is 2.65 bits per heavy atom. The molecule has 0 aliphatic rings. The first kappa shape index (κ1) is 15.1. The summed E-state index contributed by atoms with van der Waals surface area (Å²) in [6.07, 6.45) is 2.47. The van der Waals surface area contributed by atoms with Crippen molar-refractivity contribution in [2.75, 3.05) is 13.7 Å². The van der Waals surface area contributed by atoms with E-state index in [9.17, 15) is 0 Å². The minimum absolute atomic E-state index is 0.248. The van der Waals surface area contributed by atoms with Gasteiger partial charge in [-0.1, -0.05) is 26.0 Å². The first-order valence-corrected chi connectivity index (χ1v) is 7.34. The van der Waals surface area contributed by atoms with Crippen LogP contribution in [-0.2, 0) is 18.3 Å². The lowest BCUT2D eigenvalue weighted by Crippen LogP contribution is -2.25. The van der Waals surface area contributed by atoms with Crippen molar-refractivity contribution < 1.29 is 4.74 Å². The second-order valence-corrected chi connectivity index (χ2v) is 5.87. The molecule has 20 heavy (non-hydrogen) atoms. The van der Waals surface area contributed by atoms with Crippen LogP contribution in [0.4, 0.5) is 0 Å². The van der Waals surface area contributed by atoms with Gasteiger partial charge in [0.1, 0.15) is 0 Å². The van der Waals surface area contributed by atoms with Crippen LogP contribution in [-0.4, -0.2) is 24.3 Å². The number of fused-ring (bicyclic) bond motifs is 1. The second kappa shape index (κ2) is 6.42. The molecular formula is C17H26N2O. The largest absolute Gasteiger partial charge is 0.380 e. The molecule has 0 bridgehead atoms. The highest BCUT2D eigenvalue weighted by molar-refractivity contribution is 5.84. The van der Waals surface area contributed by atoms with Crippen molar-refractivity contribution in [1.29, 1.82) is 0 Å².